The molecule has 14 aromatic rings. The smallest absolute Gasteiger partial charge is 0.109 e. The summed E-state index contributed by atoms with van der Waals surface area (Å²) in [4.78, 5) is 13.3. The zero-order valence-electron chi connectivity index (χ0n) is 41.4. The molecule has 10 aromatic carbocycles. The molecule has 0 amide bonds. The molecule has 0 fully saturated rings. The number of hydrogen-bond acceptors (Lipinski definition) is 8. The molecule has 2 aliphatic heterocycles. The predicted molar refractivity (Wildman–Crippen MR) is 335 cm³/mol. The summed E-state index contributed by atoms with van der Waals surface area (Å²) in [7, 11) is 0. The number of nitrogens with zero attached hydrogens (tertiary/aromatic N) is 2. The minimum atomic E-state index is -0.694. The molecule has 78 heavy (non-hydrogen) atoms. The van der Waals surface area contributed by atoms with E-state index in [1.807, 2.05) is 68.9 Å². The summed E-state index contributed by atoms with van der Waals surface area (Å²) >= 11 is 11.7. The molecule has 0 saturated heterocycles. The van der Waals surface area contributed by atoms with Gasteiger partial charge in [-0.15, -0.1) is 45.3 Å². The first-order valence-corrected chi connectivity index (χ1v) is 31.2. The van der Waals surface area contributed by atoms with Crippen molar-refractivity contribution in [3.8, 4) is 11.1 Å². The van der Waals surface area contributed by atoms with Gasteiger partial charge in [-0.25, -0.2) is 0 Å². The Morgan fingerprint density at radius 2 is 0.795 bits per heavy atom. The Morgan fingerprint density at radius 3 is 1.41 bits per heavy atom. The average Bonchev–Trinajstić information content (AvgIpc) is 2.17. The van der Waals surface area contributed by atoms with Gasteiger partial charge in [0.25, 0.3) is 0 Å². The second kappa shape index (κ2) is 16.4. The Balaban J connectivity index is 1.03. The van der Waals surface area contributed by atoms with Crippen LogP contribution in [-0.4, -0.2) is 0 Å². The van der Waals surface area contributed by atoms with E-state index in [-0.39, 0.29) is 0 Å². The second-order valence-corrected chi connectivity index (χ2v) is 26.8. The second-order valence-electron chi connectivity index (χ2n) is 20.5. The normalized spacial score (nSPS) is 15.7. The van der Waals surface area contributed by atoms with E-state index in [1.54, 1.807) is 0 Å². The van der Waals surface area contributed by atoms with Gasteiger partial charge in [0.2, 0.25) is 0 Å². The highest BCUT2D eigenvalue weighted by atomic mass is 32.2. The first-order chi connectivity index (χ1) is 38.7. The lowest BCUT2D eigenvalue weighted by Gasteiger charge is -2.49. The van der Waals surface area contributed by atoms with Crippen molar-refractivity contribution in [3.63, 3.8) is 0 Å². The Labute approximate surface area is 475 Å². The summed E-state index contributed by atoms with van der Waals surface area (Å²) < 4.78 is 5.19. The average molecular weight is 1100 g/mol. The molecule has 366 valence electrons. The lowest BCUT2D eigenvalue weighted by molar-refractivity contribution is 0.620. The number of benzene rings is 10. The molecule has 0 radical (unpaired) electrons. The van der Waals surface area contributed by atoms with Gasteiger partial charge in [0.15, 0.2) is 0 Å². The van der Waals surface area contributed by atoms with Crippen molar-refractivity contribution < 1.29 is 0 Å². The Morgan fingerprint density at radius 1 is 0.321 bits per heavy atom. The maximum absolute atomic E-state index is 2.65. The van der Waals surface area contributed by atoms with Gasteiger partial charge in [-0.05, 0) is 118 Å². The van der Waals surface area contributed by atoms with E-state index in [4.69, 9.17) is 0 Å². The molecule has 1 atom stereocenters. The zero-order valence-corrected chi connectivity index (χ0v) is 46.3. The SMILES string of the molecule is c1ccc(N(c2cc3c(s2)C24c5ccccc5Sc5cccc(c52)-c2c(N(c5ccccc5)c5cccc6c5sc5ccccc56)sc(c24)C32c3ccccc3Sc3ccccc32)c2cccc3c2sc2ccccc23)cc1. The van der Waals surface area contributed by atoms with Crippen molar-refractivity contribution in [2.75, 3.05) is 9.80 Å². The van der Waals surface area contributed by atoms with Gasteiger partial charge in [0, 0.05) is 77.2 Å². The highest BCUT2D eigenvalue weighted by Crippen LogP contribution is 2.76. The van der Waals surface area contributed by atoms with E-state index < -0.39 is 10.8 Å². The maximum atomic E-state index is 2.65. The molecular weight excluding hydrogens is 1060 g/mol. The summed E-state index contributed by atoms with van der Waals surface area (Å²) in [5, 5.41) is 7.65. The van der Waals surface area contributed by atoms with Crippen LogP contribution in [0.2, 0.25) is 0 Å². The molecule has 4 aromatic heterocycles. The van der Waals surface area contributed by atoms with Gasteiger partial charge >= 0.3 is 0 Å². The number of rotatable bonds is 6. The number of thiophene rings is 4. The molecule has 2 aliphatic carbocycles. The van der Waals surface area contributed by atoms with Crippen LogP contribution in [0, 0.1) is 0 Å². The number of para-hydroxylation sites is 2. The van der Waals surface area contributed by atoms with Crippen LogP contribution in [0.1, 0.15) is 43.1 Å². The summed E-state index contributed by atoms with van der Waals surface area (Å²) in [5.41, 5.74) is 14.3. The van der Waals surface area contributed by atoms with Gasteiger partial charge < -0.3 is 4.90 Å². The van der Waals surface area contributed by atoms with E-state index in [1.165, 1.54) is 136 Å². The Hall–Kier alpha value is -7.66. The van der Waals surface area contributed by atoms with Crippen LogP contribution in [-0.2, 0) is 10.8 Å². The lowest BCUT2D eigenvalue weighted by Crippen LogP contribution is -2.44. The van der Waals surface area contributed by atoms with E-state index in [2.05, 4.69) is 252 Å². The highest BCUT2D eigenvalue weighted by Gasteiger charge is 2.64. The minimum Gasteiger partial charge on any atom is -0.300 e. The minimum absolute atomic E-state index is 0.636. The summed E-state index contributed by atoms with van der Waals surface area (Å²) in [6, 6.07) is 92.0. The molecule has 4 aliphatic rings. The quantitative estimate of drug-likeness (QED) is 0.164. The molecule has 6 heterocycles. The van der Waals surface area contributed by atoms with Crippen LogP contribution in [0.5, 0.6) is 0 Å². The lowest BCUT2D eigenvalue weighted by atomic mass is 9.56. The van der Waals surface area contributed by atoms with Crippen LogP contribution in [0.4, 0.5) is 32.8 Å². The van der Waals surface area contributed by atoms with E-state index in [9.17, 15) is 0 Å². The molecule has 18 rings (SSSR count). The summed E-state index contributed by atoms with van der Waals surface area (Å²) in [6.45, 7) is 0. The number of anilines is 6. The van der Waals surface area contributed by atoms with Crippen molar-refractivity contribution in [1.82, 2.24) is 0 Å². The van der Waals surface area contributed by atoms with Crippen molar-refractivity contribution in [2.45, 2.75) is 30.4 Å². The van der Waals surface area contributed by atoms with E-state index in [0.717, 1.165) is 11.4 Å². The van der Waals surface area contributed by atoms with Crippen LogP contribution in [0.15, 0.2) is 262 Å². The van der Waals surface area contributed by atoms with Gasteiger partial charge in [0.1, 0.15) is 10.0 Å². The van der Waals surface area contributed by atoms with E-state index in [0.29, 0.717) is 0 Å². The molecule has 0 bridgehead atoms. The van der Waals surface area contributed by atoms with Crippen molar-refractivity contribution in [2.24, 2.45) is 0 Å². The first-order valence-electron chi connectivity index (χ1n) is 26.3. The van der Waals surface area contributed by atoms with Gasteiger partial charge in [-0.1, -0.05) is 187 Å². The molecule has 2 spiro atoms. The zero-order chi connectivity index (χ0) is 50.8. The van der Waals surface area contributed by atoms with Crippen molar-refractivity contribution >= 4 is 142 Å². The largest absolute Gasteiger partial charge is 0.300 e. The monoisotopic (exact) mass is 1100 g/mol. The predicted octanol–water partition coefficient (Wildman–Crippen LogP) is 21.5. The van der Waals surface area contributed by atoms with Crippen LogP contribution in [0.25, 0.3) is 51.5 Å². The van der Waals surface area contributed by atoms with Gasteiger partial charge in [-0.3, -0.25) is 4.90 Å². The molecule has 2 nitrogen and oxygen atoms in total. The molecule has 8 heteroatoms. The third-order valence-corrected chi connectivity index (χ3v) is 24.0. The summed E-state index contributed by atoms with van der Waals surface area (Å²) in [6.07, 6.45) is 0. The molecule has 0 N–H and O–H groups in total. The third kappa shape index (κ3) is 5.69. The van der Waals surface area contributed by atoms with Crippen LogP contribution >= 0.6 is 68.9 Å². The fraction of sp³-hybridized carbons (Fsp3) is 0.0286. The maximum Gasteiger partial charge on any atom is 0.109 e. The Bertz CT molecular complexity index is 4790. The van der Waals surface area contributed by atoms with E-state index >= 15 is 0 Å². The topological polar surface area (TPSA) is 6.48 Å². The third-order valence-electron chi connectivity index (χ3n) is 16.8. The van der Waals surface area contributed by atoms with Gasteiger partial charge in [-0.2, -0.15) is 0 Å². The standard InChI is InChI=1S/C70H40N2S6/c1-3-20-41(21-4-1)71(52-32-17-26-45-43-24-7-12-34-54(43)75-64(45)52)60-40-51-66(77-60)70-50-31-11-16-38-58(50)74-59-39-19-28-47(62(59)70)61-63(70)67(69(51)48-29-9-14-36-56(48)73-57-37-15-10-30-49(57)69)78-68(61)72(42-22-5-2-6-23-42)53-33-18-27-46-44-25-8-13-35-55(44)76-65(46)53/h1-40H. The fourth-order valence-corrected chi connectivity index (χ4v) is 21.7. The first kappa shape index (κ1) is 44.3. The molecular formula is C70H40N2S6. The number of fused-ring (bicyclic) bond motifs is 15. The van der Waals surface area contributed by atoms with Crippen molar-refractivity contribution in [3.05, 3.63) is 286 Å². The summed E-state index contributed by atoms with van der Waals surface area (Å²) in [5.74, 6) is 0. The Kier molecular flexibility index (Phi) is 9.35. The van der Waals surface area contributed by atoms with Gasteiger partial charge in [0.05, 0.1) is 31.6 Å². The molecule has 1 unspecified atom stereocenters. The highest BCUT2D eigenvalue weighted by molar-refractivity contribution is 7.99. The van der Waals surface area contributed by atoms with Crippen LogP contribution < -0.4 is 9.80 Å². The van der Waals surface area contributed by atoms with Crippen LogP contribution in [0.3, 0.4) is 0 Å². The fourth-order valence-electron chi connectivity index (χ4n) is 13.8. The van der Waals surface area contributed by atoms with Crippen molar-refractivity contribution in [1.29, 1.82) is 0 Å². The number of hydrogen-bond donors (Lipinski definition) is 0. The molecule has 0 saturated carbocycles.